The normalized spacial score (nSPS) is 14.5. The van der Waals surface area contributed by atoms with Crippen LogP contribution in [0, 0.1) is 0 Å². The highest BCUT2D eigenvalue weighted by Crippen LogP contribution is 2.25. The molecular formula is C18H38S. The maximum atomic E-state index is 4.69. The van der Waals surface area contributed by atoms with Gasteiger partial charge in [0, 0.05) is 4.75 Å². The van der Waals surface area contributed by atoms with Gasteiger partial charge in [-0.2, -0.15) is 12.6 Å². The van der Waals surface area contributed by atoms with Crippen LogP contribution in [0.15, 0.2) is 0 Å². The second-order valence-electron chi connectivity index (χ2n) is 6.49. The van der Waals surface area contributed by atoms with Gasteiger partial charge in [0.05, 0.1) is 0 Å². The second-order valence-corrected chi connectivity index (χ2v) is 7.57. The number of rotatable bonds is 14. The van der Waals surface area contributed by atoms with Crippen LogP contribution in [0.4, 0.5) is 0 Å². The van der Waals surface area contributed by atoms with Crippen molar-refractivity contribution in [1.82, 2.24) is 0 Å². The van der Waals surface area contributed by atoms with Gasteiger partial charge in [0.1, 0.15) is 0 Å². The van der Waals surface area contributed by atoms with Crippen molar-refractivity contribution in [2.24, 2.45) is 0 Å². The molecule has 0 aliphatic carbocycles. The summed E-state index contributed by atoms with van der Waals surface area (Å²) in [5.74, 6) is 0. The first-order valence-electron chi connectivity index (χ1n) is 8.84. The predicted molar refractivity (Wildman–Crippen MR) is 93.4 cm³/mol. The predicted octanol–water partition coefficient (Wildman–Crippen LogP) is 7.18. The van der Waals surface area contributed by atoms with Crippen molar-refractivity contribution in [2.45, 2.75) is 115 Å². The molecule has 0 amide bonds. The molecule has 0 aromatic rings. The third kappa shape index (κ3) is 14.6. The van der Waals surface area contributed by atoms with Crippen LogP contribution in [0.2, 0.25) is 0 Å². The molecule has 0 heterocycles. The first-order chi connectivity index (χ1) is 9.12. The van der Waals surface area contributed by atoms with Crippen LogP contribution in [0.1, 0.15) is 111 Å². The van der Waals surface area contributed by atoms with Crippen LogP contribution in [-0.2, 0) is 0 Å². The van der Waals surface area contributed by atoms with Gasteiger partial charge in [-0.15, -0.1) is 0 Å². The molecule has 0 aromatic carbocycles. The lowest BCUT2D eigenvalue weighted by Crippen LogP contribution is -2.14. The van der Waals surface area contributed by atoms with E-state index in [1.807, 2.05) is 0 Å². The van der Waals surface area contributed by atoms with Crippen molar-refractivity contribution in [3.05, 3.63) is 0 Å². The molecule has 116 valence electrons. The van der Waals surface area contributed by atoms with Crippen LogP contribution in [0.25, 0.3) is 0 Å². The van der Waals surface area contributed by atoms with Crippen molar-refractivity contribution in [2.75, 3.05) is 0 Å². The zero-order valence-electron chi connectivity index (χ0n) is 13.8. The average Bonchev–Trinajstić information content (AvgIpc) is 2.40. The van der Waals surface area contributed by atoms with E-state index >= 15 is 0 Å². The molecular weight excluding hydrogens is 248 g/mol. The summed E-state index contributed by atoms with van der Waals surface area (Å²) in [6, 6.07) is 0. The van der Waals surface area contributed by atoms with Crippen molar-refractivity contribution >= 4 is 12.6 Å². The molecule has 0 aliphatic rings. The third-order valence-corrected chi connectivity index (χ3v) is 4.87. The quantitative estimate of drug-likeness (QED) is 0.254. The second kappa shape index (κ2) is 13.3. The molecule has 19 heavy (non-hydrogen) atoms. The minimum atomic E-state index is 0.276. The van der Waals surface area contributed by atoms with E-state index in [0.717, 1.165) is 0 Å². The highest BCUT2D eigenvalue weighted by atomic mass is 32.1. The molecule has 1 atom stereocenters. The molecule has 0 bridgehead atoms. The molecule has 0 spiro atoms. The van der Waals surface area contributed by atoms with Crippen molar-refractivity contribution in [3.63, 3.8) is 0 Å². The fraction of sp³-hybridized carbons (Fsp3) is 1.00. The third-order valence-electron chi connectivity index (χ3n) is 4.33. The zero-order chi connectivity index (χ0) is 14.4. The van der Waals surface area contributed by atoms with Crippen LogP contribution in [0.5, 0.6) is 0 Å². The summed E-state index contributed by atoms with van der Waals surface area (Å²) in [5, 5.41) is 0. The van der Waals surface area contributed by atoms with E-state index in [1.165, 1.54) is 89.9 Å². The Hall–Kier alpha value is 0.350. The number of unbranched alkanes of at least 4 members (excludes halogenated alkanes) is 11. The molecule has 0 saturated carbocycles. The molecule has 0 saturated heterocycles. The van der Waals surface area contributed by atoms with Gasteiger partial charge in [-0.05, 0) is 12.8 Å². The van der Waals surface area contributed by atoms with Gasteiger partial charge in [0.2, 0.25) is 0 Å². The standard InChI is InChI=1S/C18H38S/c1-4-6-7-8-9-10-11-12-13-14-15-16-17-18(3,19)5-2/h19H,4-17H2,1-3H3. The van der Waals surface area contributed by atoms with Gasteiger partial charge in [-0.3, -0.25) is 0 Å². The van der Waals surface area contributed by atoms with E-state index in [-0.39, 0.29) is 4.75 Å². The van der Waals surface area contributed by atoms with Gasteiger partial charge in [0.15, 0.2) is 0 Å². The molecule has 0 radical (unpaired) electrons. The molecule has 0 aliphatic heterocycles. The van der Waals surface area contributed by atoms with Crippen molar-refractivity contribution in [1.29, 1.82) is 0 Å². The molecule has 0 rings (SSSR count). The largest absolute Gasteiger partial charge is 0.173 e. The van der Waals surface area contributed by atoms with E-state index in [0.29, 0.717) is 0 Å². The number of hydrogen-bond acceptors (Lipinski definition) is 1. The highest BCUT2D eigenvalue weighted by molar-refractivity contribution is 7.81. The van der Waals surface area contributed by atoms with Crippen molar-refractivity contribution < 1.29 is 0 Å². The summed E-state index contributed by atoms with van der Waals surface area (Å²) in [5.41, 5.74) is 0. The lowest BCUT2D eigenvalue weighted by atomic mass is 9.98. The van der Waals surface area contributed by atoms with E-state index in [2.05, 4.69) is 20.8 Å². The Morgan fingerprint density at radius 2 is 1.00 bits per heavy atom. The maximum absolute atomic E-state index is 4.69. The highest BCUT2D eigenvalue weighted by Gasteiger charge is 2.14. The maximum Gasteiger partial charge on any atom is 0.00987 e. The Balaban J connectivity index is 3.07. The topological polar surface area (TPSA) is 0 Å². The average molecular weight is 287 g/mol. The molecule has 0 fully saturated rings. The van der Waals surface area contributed by atoms with E-state index in [1.54, 1.807) is 0 Å². The van der Waals surface area contributed by atoms with Gasteiger partial charge < -0.3 is 0 Å². The molecule has 1 unspecified atom stereocenters. The van der Waals surface area contributed by atoms with E-state index in [4.69, 9.17) is 12.6 Å². The van der Waals surface area contributed by atoms with Crippen molar-refractivity contribution in [3.8, 4) is 0 Å². The van der Waals surface area contributed by atoms with E-state index < -0.39 is 0 Å². The summed E-state index contributed by atoms with van der Waals surface area (Å²) in [4.78, 5) is 0. The zero-order valence-corrected chi connectivity index (χ0v) is 14.7. The van der Waals surface area contributed by atoms with Crippen LogP contribution < -0.4 is 0 Å². The van der Waals surface area contributed by atoms with Gasteiger partial charge in [-0.1, -0.05) is 97.8 Å². The van der Waals surface area contributed by atoms with Crippen LogP contribution in [-0.4, -0.2) is 4.75 Å². The van der Waals surface area contributed by atoms with Gasteiger partial charge in [-0.25, -0.2) is 0 Å². The summed E-state index contributed by atoms with van der Waals surface area (Å²) in [6.45, 7) is 6.80. The summed E-state index contributed by atoms with van der Waals surface area (Å²) in [6.07, 6.45) is 19.7. The van der Waals surface area contributed by atoms with Gasteiger partial charge >= 0.3 is 0 Å². The van der Waals surface area contributed by atoms with Crippen LogP contribution >= 0.6 is 12.6 Å². The number of hydrogen-bond donors (Lipinski definition) is 1. The minimum Gasteiger partial charge on any atom is -0.173 e. The molecule has 0 N–H and O–H groups in total. The first-order valence-corrected chi connectivity index (χ1v) is 9.29. The summed E-state index contributed by atoms with van der Waals surface area (Å²) < 4.78 is 0.276. The SMILES string of the molecule is CCCCCCCCCCCCCCC(C)(S)CC. The Kier molecular flexibility index (Phi) is 13.6. The summed E-state index contributed by atoms with van der Waals surface area (Å²) in [7, 11) is 0. The minimum absolute atomic E-state index is 0.276. The Labute approximate surface area is 128 Å². The van der Waals surface area contributed by atoms with Gasteiger partial charge in [0.25, 0.3) is 0 Å². The summed E-state index contributed by atoms with van der Waals surface area (Å²) >= 11 is 4.69. The smallest absolute Gasteiger partial charge is 0.00987 e. The molecule has 0 aromatic heterocycles. The Morgan fingerprint density at radius 1 is 0.632 bits per heavy atom. The fourth-order valence-corrected chi connectivity index (χ4v) is 2.68. The fourth-order valence-electron chi connectivity index (χ4n) is 2.52. The Bertz CT molecular complexity index is 175. The first kappa shape index (κ1) is 19.4. The lowest BCUT2D eigenvalue weighted by Gasteiger charge is -2.20. The number of thiol groups is 1. The molecule has 1 heteroatoms. The monoisotopic (exact) mass is 286 g/mol. The lowest BCUT2D eigenvalue weighted by molar-refractivity contribution is 0.502. The molecule has 0 nitrogen and oxygen atoms in total. The van der Waals surface area contributed by atoms with Crippen LogP contribution in [0.3, 0.4) is 0 Å². The van der Waals surface area contributed by atoms with E-state index in [9.17, 15) is 0 Å². The Morgan fingerprint density at radius 3 is 1.37 bits per heavy atom.